The third-order valence-electron chi connectivity index (χ3n) is 3.48. The first kappa shape index (κ1) is 23.4. The topological polar surface area (TPSA) is 95.5 Å². The summed E-state index contributed by atoms with van der Waals surface area (Å²) in [5.74, 6) is 0.626. The Morgan fingerprint density at radius 1 is 1.19 bits per heavy atom. The Bertz CT molecular complexity index is 860. The van der Waals surface area contributed by atoms with Crippen molar-refractivity contribution in [2.45, 2.75) is 13.0 Å². The van der Waals surface area contributed by atoms with Crippen molar-refractivity contribution in [3.63, 3.8) is 0 Å². The standard InChI is InChI=1S/C17H22ClN5O2S.HI/c1-19-17(20-10-9-13-7-8-16(18)21-11-13)22-12-14-5-3-4-6-15(14)23-26(2,24)25;/h3-8,11,23H,9-10,12H2,1-2H3,(H2,19,20,22);1H. The number of aromatic nitrogens is 1. The van der Waals surface area contributed by atoms with Crippen molar-refractivity contribution in [3.8, 4) is 0 Å². The second-order valence-electron chi connectivity index (χ2n) is 5.62. The fourth-order valence-corrected chi connectivity index (χ4v) is 2.96. The van der Waals surface area contributed by atoms with E-state index in [2.05, 4.69) is 25.3 Å². The normalized spacial score (nSPS) is 11.4. The molecule has 0 bridgehead atoms. The summed E-state index contributed by atoms with van der Waals surface area (Å²) >= 11 is 5.77. The molecule has 148 valence electrons. The molecule has 0 unspecified atom stereocenters. The Morgan fingerprint density at radius 3 is 2.56 bits per heavy atom. The van der Waals surface area contributed by atoms with Crippen LogP contribution < -0.4 is 15.4 Å². The number of hydrogen-bond acceptors (Lipinski definition) is 4. The minimum Gasteiger partial charge on any atom is -0.356 e. The molecular formula is C17H23ClIN5O2S. The first-order valence-electron chi connectivity index (χ1n) is 7.98. The van der Waals surface area contributed by atoms with E-state index in [-0.39, 0.29) is 24.0 Å². The molecule has 1 heterocycles. The van der Waals surface area contributed by atoms with Gasteiger partial charge in [-0.15, -0.1) is 24.0 Å². The molecule has 3 N–H and O–H groups in total. The van der Waals surface area contributed by atoms with Crippen LogP contribution in [0.5, 0.6) is 0 Å². The summed E-state index contributed by atoms with van der Waals surface area (Å²) in [4.78, 5) is 8.22. The quantitative estimate of drug-likeness (QED) is 0.224. The lowest BCUT2D eigenvalue weighted by Gasteiger charge is -2.14. The van der Waals surface area contributed by atoms with E-state index in [1.165, 1.54) is 0 Å². The molecule has 0 fully saturated rings. The molecule has 1 aromatic carbocycles. The van der Waals surface area contributed by atoms with Crippen molar-refractivity contribution in [1.29, 1.82) is 0 Å². The van der Waals surface area contributed by atoms with Crippen molar-refractivity contribution in [3.05, 3.63) is 58.9 Å². The maximum absolute atomic E-state index is 11.5. The summed E-state index contributed by atoms with van der Waals surface area (Å²) in [6.07, 6.45) is 3.65. The van der Waals surface area contributed by atoms with Crippen LogP contribution in [0.2, 0.25) is 5.15 Å². The zero-order valence-electron chi connectivity index (χ0n) is 15.1. The van der Waals surface area contributed by atoms with Gasteiger partial charge in [-0.25, -0.2) is 13.4 Å². The Hall–Kier alpha value is -1.59. The van der Waals surface area contributed by atoms with Crippen LogP contribution in [0.1, 0.15) is 11.1 Å². The maximum Gasteiger partial charge on any atom is 0.229 e. The van der Waals surface area contributed by atoms with Crippen LogP contribution in [-0.2, 0) is 23.0 Å². The van der Waals surface area contributed by atoms with E-state index >= 15 is 0 Å². The maximum atomic E-state index is 11.5. The van der Waals surface area contributed by atoms with Gasteiger partial charge in [0.1, 0.15) is 5.15 Å². The van der Waals surface area contributed by atoms with E-state index in [0.29, 0.717) is 29.9 Å². The van der Waals surface area contributed by atoms with Crippen molar-refractivity contribution >= 4 is 57.2 Å². The highest BCUT2D eigenvalue weighted by Gasteiger charge is 2.07. The van der Waals surface area contributed by atoms with Gasteiger partial charge in [0.2, 0.25) is 10.0 Å². The first-order valence-corrected chi connectivity index (χ1v) is 10.2. The van der Waals surface area contributed by atoms with Crippen molar-refractivity contribution < 1.29 is 8.42 Å². The molecule has 2 aromatic rings. The molecule has 2 rings (SSSR count). The van der Waals surface area contributed by atoms with Crippen molar-refractivity contribution in [2.24, 2.45) is 4.99 Å². The lowest BCUT2D eigenvalue weighted by Crippen LogP contribution is -2.38. The predicted octanol–water partition coefficient (Wildman–Crippen LogP) is 2.63. The second kappa shape index (κ2) is 11.3. The number of sulfonamides is 1. The molecule has 7 nitrogen and oxygen atoms in total. The number of guanidine groups is 1. The van der Waals surface area contributed by atoms with E-state index in [1.807, 2.05) is 18.2 Å². The Balaban J connectivity index is 0.00000364. The monoisotopic (exact) mass is 523 g/mol. The molecule has 0 amide bonds. The highest BCUT2D eigenvalue weighted by Crippen LogP contribution is 2.15. The lowest BCUT2D eigenvalue weighted by molar-refractivity contribution is 0.606. The van der Waals surface area contributed by atoms with Crippen LogP contribution in [0, 0.1) is 0 Å². The van der Waals surface area contributed by atoms with E-state index in [4.69, 9.17) is 11.6 Å². The van der Waals surface area contributed by atoms with Crippen molar-refractivity contribution in [1.82, 2.24) is 15.6 Å². The van der Waals surface area contributed by atoms with Gasteiger partial charge in [-0.2, -0.15) is 0 Å². The van der Waals surface area contributed by atoms with E-state index in [9.17, 15) is 8.42 Å². The molecule has 0 aliphatic carbocycles. The third kappa shape index (κ3) is 8.76. The van der Waals surface area contributed by atoms with Gasteiger partial charge >= 0.3 is 0 Å². The summed E-state index contributed by atoms with van der Waals surface area (Å²) in [5.41, 5.74) is 2.44. The predicted molar refractivity (Wildman–Crippen MR) is 121 cm³/mol. The fraction of sp³-hybridized carbons (Fsp3) is 0.294. The molecular weight excluding hydrogens is 501 g/mol. The molecule has 10 heteroatoms. The number of benzene rings is 1. The summed E-state index contributed by atoms with van der Waals surface area (Å²) in [7, 11) is -1.65. The van der Waals surface area contributed by atoms with Gasteiger partial charge in [0.15, 0.2) is 5.96 Å². The highest BCUT2D eigenvalue weighted by atomic mass is 127. The number of halogens is 2. The fourth-order valence-electron chi connectivity index (χ4n) is 2.25. The largest absolute Gasteiger partial charge is 0.356 e. The number of nitrogens with zero attached hydrogens (tertiary/aromatic N) is 2. The molecule has 27 heavy (non-hydrogen) atoms. The van der Waals surface area contributed by atoms with Gasteiger partial charge in [-0.3, -0.25) is 9.71 Å². The molecule has 1 aromatic heterocycles. The number of hydrogen-bond donors (Lipinski definition) is 3. The van der Waals surface area contributed by atoms with Gasteiger partial charge in [-0.05, 0) is 29.7 Å². The molecule has 0 aliphatic heterocycles. The minimum absolute atomic E-state index is 0. The van der Waals surface area contributed by atoms with Gasteiger partial charge < -0.3 is 10.6 Å². The van der Waals surface area contributed by atoms with Gasteiger partial charge in [0.25, 0.3) is 0 Å². The summed E-state index contributed by atoms with van der Waals surface area (Å²) < 4.78 is 25.4. The van der Waals surface area contributed by atoms with Crippen LogP contribution in [0.3, 0.4) is 0 Å². The smallest absolute Gasteiger partial charge is 0.229 e. The average Bonchev–Trinajstić information content (AvgIpc) is 2.59. The van der Waals surface area contributed by atoms with Crippen molar-refractivity contribution in [2.75, 3.05) is 24.6 Å². The average molecular weight is 524 g/mol. The van der Waals surface area contributed by atoms with E-state index in [0.717, 1.165) is 23.8 Å². The number of pyridine rings is 1. The van der Waals surface area contributed by atoms with Gasteiger partial charge in [0, 0.05) is 26.3 Å². The zero-order valence-corrected chi connectivity index (χ0v) is 19.0. The molecule has 0 atom stereocenters. The number of nitrogens with one attached hydrogen (secondary N) is 3. The van der Waals surface area contributed by atoms with Gasteiger partial charge in [-0.1, -0.05) is 35.9 Å². The number of para-hydroxylation sites is 1. The Morgan fingerprint density at radius 2 is 1.93 bits per heavy atom. The van der Waals surface area contributed by atoms with E-state index < -0.39 is 10.0 Å². The summed E-state index contributed by atoms with van der Waals surface area (Å²) in [6.45, 7) is 1.10. The summed E-state index contributed by atoms with van der Waals surface area (Å²) in [5, 5.41) is 6.86. The highest BCUT2D eigenvalue weighted by molar-refractivity contribution is 14.0. The van der Waals surface area contributed by atoms with Crippen LogP contribution in [0.15, 0.2) is 47.6 Å². The second-order valence-corrected chi connectivity index (χ2v) is 7.76. The van der Waals surface area contributed by atoms with Crippen LogP contribution >= 0.6 is 35.6 Å². The SMILES string of the molecule is CN=C(NCCc1ccc(Cl)nc1)NCc1ccccc1NS(C)(=O)=O.I. The molecule has 0 saturated heterocycles. The number of anilines is 1. The number of rotatable bonds is 7. The van der Waals surface area contributed by atoms with Crippen LogP contribution in [0.4, 0.5) is 5.69 Å². The van der Waals surface area contributed by atoms with E-state index in [1.54, 1.807) is 31.4 Å². The molecule has 0 aliphatic rings. The zero-order chi connectivity index (χ0) is 19.0. The molecule has 0 radical (unpaired) electrons. The molecule has 0 saturated carbocycles. The first-order chi connectivity index (χ1) is 12.4. The molecule has 0 spiro atoms. The third-order valence-corrected chi connectivity index (χ3v) is 4.29. The number of aliphatic imine (C=N–C) groups is 1. The van der Waals surface area contributed by atoms with Crippen LogP contribution in [-0.4, -0.2) is 39.2 Å². The minimum atomic E-state index is -3.33. The van der Waals surface area contributed by atoms with Crippen LogP contribution in [0.25, 0.3) is 0 Å². The summed E-state index contributed by atoms with van der Waals surface area (Å²) in [6, 6.07) is 10.9. The Kier molecular flexibility index (Phi) is 9.81. The lowest BCUT2D eigenvalue weighted by atomic mass is 10.2. The van der Waals surface area contributed by atoms with Gasteiger partial charge in [0.05, 0.1) is 11.9 Å². The Labute approximate surface area is 182 Å².